The number of aryl methyl sites for hydroxylation is 1. The first-order valence-electron chi connectivity index (χ1n) is 6.12. The molecule has 1 aromatic rings. The molecule has 96 valence electrons. The lowest BCUT2D eigenvalue weighted by Gasteiger charge is -2.35. The van der Waals surface area contributed by atoms with Crippen molar-refractivity contribution < 1.29 is 9.47 Å². The molecular weight excluding hydrogens is 236 g/mol. The summed E-state index contributed by atoms with van der Waals surface area (Å²) in [5.74, 6) is 1.69. The summed E-state index contributed by atoms with van der Waals surface area (Å²) < 4.78 is 13.1. The second kappa shape index (κ2) is 5.78. The maximum atomic E-state index is 5.83. The van der Waals surface area contributed by atoms with Gasteiger partial charge >= 0.3 is 0 Å². The van der Waals surface area contributed by atoms with Crippen LogP contribution in [0.15, 0.2) is 12.4 Å². The van der Waals surface area contributed by atoms with Crippen LogP contribution in [0, 0.1) is 5.41 Å². The number of hydrogen-bond donors (Lipinski definition) is 1. The van der Waals surface area contributed by atoms with Gasteiger partial charge in [-0.25, -0.2) is 0 Å². The molecule has 1 saturated heterocycles. The second-order valence-corrected chi connectivity index (χ2v) is 4.91. The van der Waals surface area contributed by atoms with Crippen LogP contribution in [-0.4, -0.2) is 35.4 Å². The van der Waals surface area contributed by atoms with Crippen molar-refractivity contribution in [2.45, 2.75) is 26.3 Å². The van der Waals surface area contributed by atoms with Crippen LogP contribution in [0.2, 0.25) is 0 Å². The molecule has 5 heteroatoms. The van der Waals surface area contributed by atoms with Gasteiger partial charge in [0, 0.05) is 25.2 Å². The molecule has 0 unspecified atom stereocenters. The molecule has 17 heavy (non-hydrogen) atoms. The minimum atomic E-state index is 0.162. The Labute approximate surface area is 108 Å². The Kier molecular flexibility index (Phi) is 4.34. The summed E-state index contributed by atoms with van der Waals surface area (Å²) in [5.41, 5.74) is 0.162. The lowest BCUT2D eigenvalue weighted by atomic mass is 9.83. The van der Waals surface area contributed by atoms with Gasteiger partial charge in [0.2, 0.25) is 0 Å². The largest absolute Gasteiger partial charge is 0.490 e. The highest BCUT2D eigenvalue weighted by Gasteiger charge is 2.32. The van der Waals surface area contributed by atoms with Gasteiger partial charge in [0.25, 0.3) is 0 Å². The molecule has 0 aliphatic carbocycles. The highest BCUT2D eigenvalue weighted by atomic mass is 32.1. The quantitative estimate of drug-likeness (QED) is 0.819. The van der Waals surface area contributed by atoms with Crippen LogP contribution in [0.3, 0.4) is 0 Å². The summed E-state index contributed by atoms with van der Waals surface area (Å²) in [6, 6.07) is 0. The van der Waals surface area contributed by atoms with Crippen molar-refractivity contribution in [2.75, 3.05) is 25.6 Å². The van der Waals surface area contributed by atoms with E-state index in [9.17, 15) is 0 Å². The van der Waals surface area contributed by atoms with Crippen molar-refractivity contribution >= 4 is 12.6 Å². The van der Waals surface area contributed by atoms with E-state index in [1.54, 1.807) is 6.20 Å². The predicted octanol–water partition coefficient (Wildman–Crippen LogP) is 2.01. The lowest BCUT2D eigenvalue weighted by molar-refractivity contribution is 0.00309. The monoisotopic (exact) mass is 256 g/mol. The molecule has 1 aliphatic heterocycles. The molecule has 1 fully saturated rings. The molecule has 0 radical (unpaired) electrons. The normalized spacial score (nSPS) is 19.2. The van der Waals surface area contributed by atoms with Crippen LogP contribution in [-0.2, 0) is 11.3 Å². The van der Waals surface area contributed by atoms with E-state index < -0.39 is 0 Å². The third kappa shape index (κ3) is 3.16. The first-order valence-corrected chi connectivity index (χ1v) is 6.75. The number of thiol groups is 1. The van der Waals surface area contributed by atoms with Gasteiger partial charge in [-0.3, -0.25) is 4.68 Å². The number of nitrogens with zero attached hydrogens (tertiary/aromatic N) is 2. The summed E-state index contributed by atoms with van der Waals surface area (Å²) in [7, 11) is 0. The molecule has 0 aromatic carbocycles. The molecule has 2 rings (SSSR count). The van der Waals surface area contributed by atoms with Crippen LogP contribution >= 0.6 is 12.6 Å². The third-order valence-corrected chi connectivity index (χ3v) is 4.04. The second-order valence-electron chi connectivity index (χ2n) is 4.59. The number of ether oxygens (including phenoxy) is 2. The van der Waals surface area contributed by atoms with E-state index in [0.717, 1.165) is 44.1 Å². The SMILES string of the molecule is CCn1cc(OCC2(CS)CCOCC2)cn1. The van der Waals surface area contributed by atoms with Gasteiger partial charge < -0.3 is 9.47 Å². The van der Waals surface area contributed by atoms with Crippen molar-refractivity contribution in [3.05, 3.63) is 12.4 Å². The minimum Gasteiger partial charge on any atom is -0.490 e. The van der Waals surface area contributed by atoms with E-state index in [1.807, 2.05) is 10.9 Å². The molecule has 0 atom stereocenters. The Morgan fingerprint density at radius 2 is 2.29 bits per heavy atom. The fraction of sp³-hybridized carbons (Fsp3) is 0.750. The van der Waals surface area contributed by atoms with Gasteiger partial charge in [0.1, 0.15) is 0 Å². The van der Waals surface area contributed by atoms with Gasteiger partial charge in [-0.15, -0.1) is 0 Å². The minimum absolute atomic E-state index is 0.162. The van der Waals surface area contributed by atoms with E-state index in [0.29, 0.717) is 6.61 Å². The maximum absolute atomic E-state index is 5.83. The van der Waals surface area contributed by atoms with Gasteiger partial charge in [-0.2, -0.15) is 17.7 Å². The number of rotatable bonds is 5. The van der Waals surface area contributed by atoms with Gasteiger partial charge in [0.05, 0.1) is 19.0 Å². The van der Waals surface area contributed by atoms with Crippen LogP contribution in [0.1, 0.15) is 19.8 Å². The standard InChI is InChI=1S/C12H20N2O2S/c1-2-14-8-11(7-13-14)16-9-12(10-17)3-5-15-6-4-12/h7-8,17H,2-6,9-10H2,1H3. The Hall–Kier alpha value is -0.680. The lowest BCUT2D eigenvalue weighted by Crippen LogP contribution is -2.36. The molecule has 2 heterocycles. The smallest absolute Gasteiger partial charge is 0.157 e. The van der Waals surface area contributed by atoms with Crippen molar-refractivity contribution in [1.29, 1.82) is 0 Å². The van der Waals surface area contributed by atoms with E-state index >= 15 is 0 Å². The fourth-order valence-electron chi connectivity index (χ4n) is 1.98. The molecule has 0 saturated carbocycles. The Morgan fingerprint density at radius 3 is 2.88 bits per heavy atom. The van der Waals surface area contributed by atoms with Crippen LogP contribution in [0.5, 0.6) is 5.75 Å². The summed E-state index contributed by atoms with van der Waals surface area (Å²) in [6.07, 6.45) is 5.76. The summed E-state index contributed by atoms with van der Waals surface area (Å²) in [5, 5.41) is 4.19. The van der Waals surface area contributed by atoms with E-state index in [-0.39, 0.29) is 5.41 Å². The van der Waals surface area contributed by atoms with Crippen molar-refractivity contribution in [3.8, 4) is 5.75 Å². The molecule has 1 aromatic heterocycles. The zero-order chi connectivity index (χ0) is 12.1. The Bertz CT molecular complexity index is 348. The Balaban J connectivity index is 1.90. The zero-order valence-corrected chi connectivity index (χ0v) is 11.2. The average Bonchev–Trinajstić information content (AvgIpc) is 2.85. The van der Waals surface area contributed by atoms with Gasteiger partial charge in [-0.1, -0.05) is 0 Å². The van der Waals surface area contributed by atoms with Crippen LogP contribution < -0.4 is 4.74 Å². The van der Waals surface area contributed by atoms with Crippen molar-refractivity contribution in [2.24, 2.45) is 5.41 Å². The highest BCUT2D eigenvalue weighted by Crippen LogP contribution is 2.32. The van der Waals surface area contributed by atoms with Crippen molar-refractivity contribution in [3.63, 3.8) is 0 Å². The van der Waals surface area contributed by atoms with E-state index in [2.05, 4.69) is 24.7 Å². The van der Waals surface area contributed by atoms with Gasteiger partial charge in [-0.05, 0) is 25.5 Å². The van der Waals surface area contributed by atoms with E-state index in [4.69, 9.17) is 9.47 Å². The third-order valence-electron chi connectivity index (χ3n) is 3.37. The zero-order valence-electron chi connectivity index (χ0n) is 10.3. The van der Waals surface area contributed by atoms with Crippen LogP contribution in [0.4, 0.5) is 0 Å². The van der Waals surface area contributed by atoms with Crippen molar-refractivity contribution in [1.82, 2.24) is 9.78 Å². The molecule has 1 aliphatic rings. The van der Waals surface area contributed by atoms with Gasteiger partial charge in [0.15, 0.2) is 5.75 Å². The number of hydrogen-bond acceptors (Lipinski definition) is 4. The first-order chi connectivity index (χ1) is 8.28. The fourth-order valence-corrected chi connectivity index (χ4v) is 2.39. The summed E-state index contributed by atoms with van der Waals surface area (Å²) in [6.45, 7) is 5.27. The summed E-state index contributed by atoms with van der Waals surface area (Å²) in [4.78, 5) is 0. The maximum Gasteiger partial charge on any atom is 0.157 e. The Morgan fingerprint density at radius 1 is 1.53 bits per heavy atom. The number of aromatic nitrogens is 2. The molecule has 0 spiro atoms. The molecular formula is C12H20N2O2S. The molecule has 0 bridgehead atoms. The van der Waals surface area contributed by atoms with Crippen LogP contribution in [0.25, 0.3) is 0 Å². The topological polar surface area (TPSA) is 36.3 Å². The predicted molar refractivity (Wildman–Crippen MR) is 69.7 cm³/mol. The highest BCUT2D eigenvalue weighted by molar-refractivity contribution is 7.80. The molecule has 0 N–H and O–H groups in total. The molecule has 4 nitrogen and oxygen atoms in total. The molecule has 0 amide bonds. The summed E-state index contributed by atoms with van der Waals surface area (Å²) >= 11 is 4.46. The van der Waals surface area contributed by atoms with E-state index in [1.165, 1.54) is 0 Å². The first kappa shape index (κ1) is 12.8. The average molecular weight is 256 g/mol.